The predicted molar refractivity (Wildman–Crippen MR) is 102 cm³/mol. The minimum absolute atomic E-state index is 0.0982. The van der Waals surface area contributed by atoms with Gasteiger partial charge in [0, 0.05) is 12.1 Å². The number of anilines is 1. The molecule has 0 unspecified atom stereocenters. The normalized spacial score (nSPS) is 11.2. The van der Waals surface area contributed by atoms with Crippen LogP contribution in [0.5, 0.6) is 0 Å². The summed E-state index contributed by atoms with van der Waals surface area (Å²) in [6, 6.07) is 12.4. The minimum atomic E-state index is -3.54. The number of benzene rings is 2. The number of sulfonamides is 1. The van der Waals surface area contributed by atoms with Crippen molar-refractivity contribution in [3.8, 4) is 0 Å². The number of hydrogen-bond donors (Lipinski definition) is 1. The lowest BCUT2D eigenvalue weighted by Gasteiger charge is -2.25. The molecule has 0 aliphatic heterocycles. The lowest BCUT2D eigenvalue weighted by Crippen LogP contribution is -2.38. The van der Waals surface area contributed by atoms with E-state index in [2.05, 4.69) is 5.32 Å². The number of amides is 1. The van der Waals surface area contributed by atoms with Crippen LogP contribution in [0.1, 0.15) is 21.5 Å². The van der Waals surface area contributed by atoms with Gasteiger partial charge in [0.1, 0.15) is 0 Å². The Labute approximate surface area is 153 Å². The quantitative estimate of drug-likeness (QED) is 0.837. The average Bonchev–Trinajstić information content (AvgIpc) is 2.52. The number of carbonyl (C=O) groups is 1. The van der Waals surface area contributed by atoms with Crippen molar-refractivity contribution in [2.45, 2.75) is 13.8 Å². The molecule has 25 heavy (non-hydrogen) atoms. The van der Waals surface area contributed by atoms with Crippen molar-refractivity contribution in [1.29, 1.82) is 0 Å². The Morgan fingerprint density at radius 3 is 2.36 bits per heavy atom. The summed E-state index contributed by atoms with van der Waals surface area (Å²) in [5.41, 5.74) is 2.70. The van der Waals surface area contributed by atoms with Gasteiger partial charge in [-0.25, -0.2) is 8.42 Å². The molecule has 0 bridgehead atoms. The van der Waals surface area contributed by atoms with E-state index in [9.17, 15) is 13.2 Å². The molecule has 2 rings (SSSR count). The van der Waals surface area contributed by atoms with Crippen LogP contribution in [0.15, 0.2) is 42.5 Å². The van der Waals surface area contributed by atoms with Gasteiger partial charge < -0.3 is 5.32 Å². The van der Waals surface area contributed by atoms with Crippen LogP contribution >= 0.6 is 11.6 Å². The van der Waals surface area contributed by atoms with Crippen molar-refractivity contribution in [3.63, 3.8) is 0 Å². The number of carbonyl (C=O) groups excluding carboxylic acids is 1. The molecule has 0 heterocycles. The van der Waals surface area contributed by atoms with Crippen LogP contribution < -0.4 is 9.62 Å². The van der Waals surface area contributed by atoms with Crippen LogP contribution in [0.4, 0.5) is 5.69 Å². The number of hydrogen-bond acceptors (Lipinski definition) is 3. The van der Waals surface area contributed by atoms with E-state index in [1.54, 1.807) is 30.3 Å². The van der Waals surface area contributed by atoms with Crippen LogP contribution in [-0.4, -0.2) is 33.7 Å². The summed E-state index contributed by atoms with van der Waals surface area (Å²) in [5, 5.41) is 3.11. The molecule has 134 valence electrons. The summed E-state index contributed by atoms with van der Waals surface area (Å²) >= 11 is 6.28. The molecule has 0 fully saturated rings. The van der Waals surface area contributed by atoms with E-state index in [0.717, 1.165) is 17.4 Å². The summed E-state index contributed by atoms with van der Waals surface area (Å²) in [7, 11) is -3.54. The standard InChI is InChI=1S/C18H21ClN2O3S/c1-13-11-14(2)17(16(19)12-13)21(25(3,23)24)10-9-20-18(22)15-7-5-4-6-8-15/h4-8,11-12H,9-10H2,1-3H3,(H,20,22). The molecule has 0 saturated carbocycles. The Bertz CT molecular complexity index is 844. The molecule has 7 heteroatoms. The largest absolute Gasteiger partial charge is 0.350 e. The highest BCUT2D eigenvalue weighted by molar-refractivity contribution is 7.92. The lowest BCUT2D eigenvalue weighted by molar-refractivity contribution is 0.0955. The Hall–Kier alpha value is -2.05. The molecule has 0 radical (unpaired) electrons. The van der Waals surface area contributed by atoms with Gasteiger partial charge in [0.05, 0.1) is 23.5 Å². The van der Waals surface area contributed by atoms with E-state index < -0.39 is 10.0 Å². The van der Waals surface area contributed by atoms with E-state index in [0.29, 0.717) is 16.3 Å². The maximum atomic E-state index is 12.2. The fourth-order valence-corrected chi connectivity index (χ4v) is 4.10. The molecule has 0 atom stereocenters. The highest BCUT2D eigenvalue weighted by Gasteiger charge is 2.22. The smallest absolute Gasteiger partial charge is 0.251 e. The number of nitrogens with zero attached hydrogens (tertiary/aromatic N) is 1. The summed E-state index contributed by atoms with van der Waals surface area (Å²) in [5.74, 6) is -0.249. The number of halogens is 1. The zero-order valence-electron chi connectivity index (χ0n) is 14.4. The third-order valence-corrected chi connectivity index (χ3v) is 5.14. The van der Waals surface area contributed by atoms with Crippen LogP contribution in [0.2, 0.25) is 5.02 Å². The average molecular weight is 381 g/mol. The monoisotopic (exact) mass is 380 g/mol. The summed E-state index contributed by atoms with van der Waals surface area (Å²) < 4.78 is 25.7. The van der Waals surface area contributed by atoms with Gasteiger partial charge in [0.25, 0.3) is 5.91 Å². The zero-order chi connectivity index (χ0) is 18.6. The van der Waals surface area contributed by atoms with Crippen molar-refractivity contribution >= 4 is 33.2 Å². The first-order valence-corrected chi connectivity index (χ1v) is 10.0. The van der Waals surface area contributed by atoms with Crippen molar-refractivity contribution < 1.29 is 13.2 Å². The fraction of sp³-hybridized carbons (Fsp3) is 0.278. The Balaban J connectivity index is 2.17. The second-order valence-electron chi connectivity index (χ2n) is 5.87. The molecule has 0 aliphatic carbocycles. The summed E-state index contributed by atoms with van der Waals surface area (Å²) in [6.45, 7) is 3.98. The number of aryl methyl sites for hydroxylation is 2. The van der Waals surface area contributed by atoms with Gasteiger partial charge in [0.2, 0.25) is 10.0 Å². The van der Waals surface area contributed by atoms with E-state index in [1.807, 2.05) is 26.0 Å². The van der Waals surface area contributed by atoms with Crippen LogP contribution in [0.25, 0.3) is 0 Å². The molecule has 2 aromatic rings. The van der Waals surface area contributed by atoms with Crippen LogP contribution in [-0.2, 0) is 10.0 Å². The van der Waals surface area contributed by atoms with Gasteiger partial charge >= 0.3 is 0 Å². The Kier molecular flexibility index (Phi) is 6.08. The molecule has 5 nitrogen and oxygen atoms in total. The van der Waals surface area contributed by atoms with E-state index in [4.69, 9.17) is 11.6 Å². The Morgan fingerprint density at radius 1 is 1.16 bits per heavy atom. The predicted octanol–water partition coefficient (Wildman–Crippen LogP) is 3.15. The molecule has 1 amide bonds. The molecule has 0 saturated heterocycles. The van der Waals surface area contributed by atoms with Gasteiger partial charge in [-0.3, -0.25) is 9.10 Å². The first kappa shape index (κ1) is 19.3. The second kappa shape index (κ2) is 7.89. The number of nitrogens with one attached hydrogen (secondary N) is 1. The zero-order valence-corrected chi connectivity index (χ0v) is 16.0. The Morgan fingerprint density at radius 2 is 1.80 bits per heavy atom. The SMILES string of the molecule is Cc1cc(C)c(N(CCNC(=O)c2ccccc2)S(C)(=O)=O)c(Cl)c1. The highest BCUT2D eigenvalue weighted by Crippen LogP contribution is 2.32. The molecule has 0 aliphatic rings. The summed E-state index contributed by atoms with van der Waals surface area (Å²) in [6.07, 6.45) is 1.13. The van der Waals surface area contributed by atoms with Crippen molar-refractivity contribution in [1.82, 2.24) is 5.32 Å². The molecule has 1 N–H and O–H groups in total. The van der Waals surface area contributed by atoms with E-state index in [1.165, 1.54) is 4.31 Å². The van der Waals surface area contributed by atoms with Gasteiger partial charge in [-0.15, -0.1) is 0 Å². The van der Waals surface area contributed by atoms with Crippen LogP contribution in [0, 0.1) is 13.8 Å². The van der Waals surface area contributed by atoms with Gasteiger partial charge in [-0.2, -0.15) is 0 Å². The van der Waals surface area contributed by atoms with Gasteiger partial charge in [-0.1, -0.05) is 35.9 Å². The molecule has 0 aromatic heterocycles. The van der Waals surface area contributed by atoms with Gasteiger partial charge in [-0.05, 0) is 43.2 Å². The maximum Gasteiger partial charge on any atom is 0.251 e. The minimum Gasteiger partial charge on any atom is -0.350 e. The molecular weight excluding hydrogens is 360 g/mol. The van der Waals surface area contributed by atoms with Crippen molar-refractivity contribution in [2.24, 2.45) is 0 Å². The van der Waals surface area contributed by atoms with Gasteiger partial charge in [0.15, 0.2) is 0 Å². The first-order chi connectivity index (χ1) is 11.7. The van der Waals surface area contributed by atoms with Crippen molar-refractivity contribution in [3.05, 3.63) is 64.2 Å². The third-order valence-electron chi connectivity index (χ3n) is 3.68. The molecule has 2 aromatic carbocycles. The second-order valence-corrected chi connectivity index (χ2v) is 8.18. The summed E-state index contributed by atoms with van der Waals surface area (Å²) in [4.78, 5) is 12.1. The third kappa shape index (κ3) is 4.96. The van der Waals surface area contributed by atoms with E-state index >= 15 is 0 Å². The first-order valence-electron chi connectivity index (χ1n) is 7.78. The van der Waals surface area contributed by atoms with Crippen molar-refractivity contribution in [2.75, 3.05) is 23.7 Å². The lowest BCUT2D eigenvalue weighted by atomic mass is 10.1. The fourth-order valence-electron chi connectivity index (χ4n) is 2.63. The maximum absolute atomic E-state index is 12.2. The topological polar surface area (TPSA) is 66.5 Å². The molecule has 0 spiro atoms. The van der Waals surface area contributed by atoms with E-state index in [-0.39, 0.29) is 19.0 Å². The highest BCUT2D eigenvalue weighted by atomic mass is 35.5. The van der Waals surface area contributed by atoms with Crippen LogP contribution in [0.3, 0.4) is 0 Å². The molecular formula is C18H21ClN2O3S. The number of rotatable bonds is 6.